The maximum atomic E-state index is 5.02. The molecule has 0 amide bonds. The topological polar surface area (TPSA) is 12.5 Å². The fourth-order valence-corrected chi connectivity index (χ4v) is 2.06. The van der Waals surface area contributed by atoms with Crippen molar-refractivity contribution in [3.8, 4) is 0 Å². The van der Waals surface area contributed by atoms with Gasteiger partial charge in [-0.15, -0.1) is 11.3 Å². The van der Waals surface area contributed by atoms with E-state index in [1.807, 2.05) is 0 Å². The minimum atomic E-state index is 0.692. The molecule has 1 heterocycles. The molecular formula is C9H15NOS. The van der Waals surface area contributed by atoms with Crippen LogP contribution in [0.2, 0.25) is 0 Å². The maximum Gasteiger partial charge on any atom is 0.0987 e. The van der Waals surface area contributed by atoms with E-state index >= 15 is 0 Å². The largest absolute Gasteiger partial charge is 0.369 e. The van der Waals surface area contributed by atoms with Crippen LogP contribution >= 0.6 is 11.3 Å². The van der Waals surface area contributed by atoms with Gasteiger partial charge in [-0.25, -0.2) is 0 Å². The van der Waals surface area contributed by atoms with E-state index in [0.29, 0.717) is 6.73 Å². The highest BCUT2D eigenvalue weighted by Gasteiger charge is 2.02. The summed E-state index contributed by atoms with van der Waals surface area (Å²) < 4.78 is 5.02. The molecule has 12 heavy (non-hydrogen) atoms. The molecule has 0 aliphatic heterocycles. The van der Waals surface area contributed by atoms with E-state index < -0.39 is 0 Å². The molecule has 0 atom stereocenters. The fourth-order valence-electron chi connectivity index (χ4n) is 1.08. The molecule has 1 aromatic rings. The van der Waals surface area contributed by atoms with Gasteiger partial charge in [0, 0.05) is 18.5 Å². The van der Waals surface area contributed by atoms with Crippen LogP contribution in [0.1, 0.15) is 10.4 Å². The highest BCUT2D eigenvalue weighted by molar-refractivity contribution is 7.10. The van der Waals surface area contributed by atoms with Gasteiger partial charge in [-0.1, -0.05) is 0 Å². The lowest BCUT2D eigenvalue weighted by atomic mass is 10.3. The molecule has 2 nitrogen and oxygen atoms in total. The number of hydrogen-bond donors (Lipinski definition) is 0. The summed E-state index contributed by atoms with van der Waals surface area (Å²) in [5.74, 6) is 0. The molecule has 0 fully saturated rings. The van der Waals surface area contributed by atoms with Gasteiger partial charge < -0.3 is 4.74 Å². The van der Waals surface area contributed by atoms with Gasteiger partial charge in [0.15, 0.2) is 0 Å². The summed E-state index contributed by atoms with van der Waals surface area (Å²) in [5.41, 5.74) is 1.38. The van der Waals surface area contributed by atoms with E-state index in [2.05, 4.69) is 30.3 Å². The van der Waals surface area contributed by atoms with E-state index in [9.17, 15) is 0 Å². The van der Waals surface area contributed by atoms with Crippen molar-refractivity contribution in [1.29, 1.82) is 0 Å². The van der Waals surface area contributed by atoms with Crippen molar-refractivity contribution in [2.24, 2.45) is 0 Å². The van der Waals surface area contributed by atoms with Crippen molar-refractivity contribution >= 4 is 11.3 Å². The molecular weight excluding hydrogens is 170 g/mol. The number of thiophene rings is 1. The van der Waals surface area contributed by atoms with Gasteiger partial charge in [0.25, 0.3) is 0 Å². The van der Waals surface area contributed by atoms with Gasteiger partial charge >= 0.3 is 0 Å². The third-order valence-electron chi connectivity index (χ3n) is 1.73. The zero-order valence-electron chi connectivity index (χ0n) is 7.83. The Kier molecular flexibility index (Phi) is 3.72. The van der Waals surface area contributed by atoms with Crippen LogP contribution in [0.15, 0.2) is 11.4 Å². The number of rotatable bonds is 4. The van der Waals surface area contributed by atoms with Gasteiger partial charge in [0.1, 0.15) is 0 Å². The second kappa shape index (κ2) is 4.60. The predicted molar refractivity (Wildman–Crippen MR) is 52.4 cm³/mol. The van der Waals surface area contributed by atoms with Gasteiger partial charge in [0.05, 0.1) is 6.73 Å². The summed E-state index contributed by atoms with van der Waals surface area (Å²) in [4.78, 5) is 3.58. The first kappa shape index (κ1) is 9.71. The monoisotopic (exact) mass is 185 g/mol. The zero-order valence-corrected chi connectivity index (χ0v) is 8.65. The van der Waals surface area contributed by atoms with Crippen LogP contribution in [-0.4, -0.2) is 25.8 Å². The first-order valence-electron chi connectivity index (χ1n) is 3.94. The lowest BCUT2D eigenvalue weighted by Crippen LogP contribution is -2.19. The molecule has 0 aromatic carbocycles. The molecule has 68 valence electrons. The molecule has 0 aliphatic carbocycles. The Morgan fingerprint density at radius 1 is 1.58 bits per heavy atom. The van der Waals surface area contributed by atoms with Crippen LogP contribution in [0.4, 0.5) is 0 Å². The third kappa shape index (κ3) is 2.59. The van der Waals surface area contributed by atoms with Crippen LogP contribution in [0.3, 0.4) is 0 Å². The fraction of sp³-hybridized carbons (Fsp3) is 0.556. The minimum absolute atomic E-state index is 0.692. The normalized spacial score (nSPS) is 11.0. The minimum Gasteiger partial charge on any atom is -0.369 e. The van der Waals surface area contributed by atoms with Crippen molar-refractivity contribution in [2.45, 2.75) is 13.5 Å². The molecule has 0 aliphatic rings. The van der Waals surface area contributed by atoms with E-state index in [4.69, 9.17) is 4.74 Å². The molecule has 1 rings (SSSR count). The number of nitrogens with zero attached hydrogens (tertiary/aromatic N) is 1. The summed E-state index contributed by atoms with van der Waals surface area (Å²) in [6.45, 7) is 3.82. The SMILES string of the molecule is COCN(C)Cc1sccc1C. The Bertz CT molecular complexity index is 234. The van der Waals surface area contributed by atoms with Gasteiger partial charge in [-0.2, -0.15) is 0 Å². The van der Waals surface area contributed by atoms with Crippen LogP contribution in [0, 0.1) is 6.92 Å². The third-order valence-corrected chi connectivity index (χ3v) is 2.74. The number of ether oxygens (including phenoxy) is 1. The molecule has 0 spiro atoms. The summed E-state index contributed by atoms with van der Waals surface area (Å²) in [5, 5.41) is 2.13. The Hall–Kier alpha value is -0.380. The average Bonchev–Trinajstić information content (AvgIpc) is 2.37. The Balaban J connectivity index is 2.46. The van der Waals surface area contributed by atoms with Gasteiger partial charge in [-0.05, 0) is 31.0 Å². The summed E-state index contributed by atoms with van der Waals surface area (Å²) in [6, 6.07) is 2.15. The van der Waals surface area contributed by atoms with E-state index in [-0.39, 0.29) is 0 Å². The van der Waals surface area contributed by atoms with Crippen LogP contribution < -0.4 is 0 Å². The smallest absolute Gasteiger partial charge is 0.0987 e. The second-order valence-electron chi connectivity index (χ2n) is 2.96. The molecule has 1 aromatic heterocycles. The molecule has 0 unspecified atom stereocenters. The van der Waals surface area contributed by atoms with Gasteiger partial charge in [0.2, 0.25) is 0 Å². The standard InChI is InChI=1S/C9H15NOS/c1-8-4-5-12-9(8)6-10(2)7-11-3/h4-5H,6-7H2,1-3H3. The van der Waals surface area contributed by atoms with Gasteiger partial charge in [-0.3, -0.25) is 4.90 Å². The first-order chi connectivity index (χ1) is 5.74. The molecule has 0 saturated carbocycles. The number of aryl methyl sites for hydroxylation is 1. The lowest BCUT2D eigenvalue weighted by Gasteiger charge is -2.14. The van der Waals surface area contributed by atoms with Crippen molar-refractivity contribution in [3.05, 3.63) is 21.9 Å². The highest BCUT2D eigenvalue weighted by atomic mass is 32.1. The van der Waals surface area contributed by atoms with Crippen LogP contribution in [0.25, 0.3) is 0 Å². The first-order valence-corrected chi connectivity index (χ1v) is 4.82. The highest BCUT2D eigenvalue weighted by Crippen LogP contribution is 2.16. The molecule has 0 N–H and O–H groups in total. The van der Waals surface area contributed by atoms with Crippen LogP contribution in [-0.2, 0) is 11.3 Å². The van der Waals surface area contributed by atoms with E-state index in [0.717, 1.165) is 6.54 Å². The van der Waals surface area contributed by atoms with Crippen molar-refractivity contribution in [2.75, 3.05) is 20.9 Å². The quantitative estimate of drug-likeness (QED) is 0.666. The second-order valence-corrected chi connectivity index (χ2v) is 3.96. The lowest BCUT2D eigenvalue weighted by molar-refractivity contribution is 0.0777. The number of hydrogen-bond acceptors (Lipinski definition) is 3. The van der Waals surface area contributed by atoms with Crippen LogP contribution in [0.5, 0.6) is 0 Å². The van der Waals surface area contributed by atoms with Crippen molar-refractivity contribution < 1.29 is 4.74 Å². The summed E-state index contributed by atoms with van der Waals surface area (Å²) >= 11 is 1.81. The molecule has 3 heteroatoms. The Morgan fingerprint density at radius 2 is 2.33 bits per heavy atom. The zero-order chi connectivity index (χ0) is 8.97. The van der Waals surface area contributed by atoms with E-state index in [1.165, 1.54) is 10.4 Å². The molecule has 0 bridgehead atoms. The Labute approximate surface area is 77.8 Å². The number of methoxy groups -OCH3 is 1. The average molecular weight is 185 g/mol. The summed E-state index contributed by atoms with van der Waals surface area (Å²) in [6.07, 6.45) is 0. The predicted octanol–water partition coefficient (Wildman–Crippen LogP) is 2.09. The van der Waals surface area contributed by atoms with Crippen molar-refractivity contribution in [1.82, 2.24) is 4.90 Å². The Morgan fingerprint density at radius 3 is 2.83 bits per heavy atom. The molecule has 0 radical (unpaired) electrons. The summed E-state index contributed by atoms with van der Waals surface area (Å²) in [7, 11) is 3.78. The van der Waals surface area contributed by atoms with Crippen molar-refractivity contribution in [3.63, 3.8) is 0 Å². The molecule has 0 saturated heterocycles. The van der Waals surface area contributed by atoms with E-state index in [1.54, 1.807) is 18.4 Å². The maximum absolute atomic E-state index is 5.02.